The van der Waals surface area contributed by atoms with Crippen LogP contribution in [0.3, 0.4) is 0 Å². The fourth-order valence-electron chi connectivity index (χ4n) is 2.23. The number of hydrogen-bond acceptors (Lipinski definition) is 5. The standard InChI is InChI=1S/C18H18ClN3O2S/c19-14-7-9-16(10-8-14)24-13-17-20-21-18(25-12-4-11-23)22(17)15-5-2-1-3-6-15/h1-3,5-10,23H,4,11-13H2. The van der Waals surface area contributed by atoms with Crippen LogP contribution in [-0.4, -0.2) is 32.2 Å². The van der Waals surface area contributed by atoms with E-state index in [1.807, 2.05) is 47.0 Å². The molecule has 1 aromatic heterocycles. The van der Waals surface area contributed by atoms with Gasteiger partial charge >= 0.3 is 0 Å². The zero-order valence-corrected chi connectivity index (χ0v) is 15.1. The molecular weight excluding hydrogens is 358 g/mol. The van der Waals surface area contributed by atoms with Crippen molar-refractivity contribution in [3.63, 3.8) is 0 Å². The highest BCUT2D eigenvalue weighted by Crippen LogP contribution is 2.24. The Morgan fingerprint density at radius 1 is 1.04 bits per heavy atom. The molecule has 1 N–H and O–H groups in total. The Bertz CT molecular complexity index is 794. The number of nitrogens with zero attached hydrogens (tertiary/aromatic N) is 3. The third-order valence-corrected chi connectivity index (χ3v) is 4.70. The van der Waals surface area contributed by atoms with E-state index >= 15 is 0 Å². The van der Waals surface area contributed by atoms with Crippen molar-refractivity contribution in [1.82, 2.24) is 14.8 Å². The summed E-state index contributed by atoms with van der Waals surface area (Å²) in [5.41, 5.74) is 0.980. The molecule has 0 saturated heterocycles. The van der Waals surface area contributed by atoms with E-state index in [2.05, 4.69) is 10.2 Å². The Morgan fingerprint density at radius 3 is 2.52 bits per heavy atom. The molecule has 2 aromatic carbocycles. The summed E-state index contributed by atoms with van der Waals surface area (Å²) >= 11 is 7.46. The number of aromatic nitrogens is 3. The molecule has 7 heteroatoms. The van der Waals surface area contributed by atoms with Gasteiger partial charge in [-0.05, 0) is 42.8 Å². The second-order valence-corrected chi connectivity index (χ2v) is 6.74. The molecule has 3 rings (SSSR count). The van der Waals surface area contributed by atoms with E-state index in [9.17, 15) is 0 Å². The Morgan fingerprint density at radius 2 is 1.80 bits per heavy atom. The SMILES string of the molecule is OCCCSc1nnc(COc2ccc(Cl)cc2)n1-c1ccccc1. The Balaban J connectivity index is 1.81. The first-order chi connectivity index (χ1) is 12.3. The van der Waals surface area contributed by atoms with Crippen molar-refractivity contribution >= 4 is 23.4 Å². The van der Waals surface area contributed by atoms with E-state index in [0.717, 1.165) is 22.3 Å². The average molecular weight is 376 g/mol. The van der Waals surface area contributed by atoms with Crippen LogP contribution in [0.4, 0.5) is 0 Å². The molecule has 25 heavy (non-hydrogen) atoms. The lowest BCUT2D eigenvalue weighted by molar-refractivity contribution is 0.292. The Labute approximate surface area is 155 Å². The lowest BCUT2D eigenvalue weighted by Crippen LogP contribution is -2.06. The van der Waals surface area contributed by atoms with Gasteiger partial charge in [0.25, 0.3) is 0 Å². The van der Waals surface area contributed by atoms with Crippen molar-refractivity contribution in [3.8, 4) is 11.4 Å². The molecule has 130 valence electrons. The monoisotopic (exact) mass is 375 g/mol. The van der Waals surface area contributed by atoms with Gasteiger partial charge in [-0.15, -0.1) is 10.2 Å². The van der Waals surface area contributed by atoms with E-state index in [1.165, 1.54) is 0 Å². The number of benzene rings is 2. The largest absolute Gasteiger partial charge is 0.486 e. The summed E-state index contributed by atoms with van der Waals surface area (Å²) in [5, 5.41) is 19.0. The van der Waals surface area contributed by atoms with Crippen LogP contribution in [0.2, 0.25) is 5.02 Å². The zero-order chi connectivity index (χ0) is 17.5. The Kier molecular flexibility index (Phi) is 6.33. The predicted octanol–water partition coefficient (Wildman–Crippen LogP) is 3.97. The van der Waals surface area contributed by atoms with Crippen LogP contribution in [0, 0.1) is 0 Å². The normalized spacial score (nSPS) is 10.8. The summed E-state index contributed by atoms with van der Waals surface area (Å²) in [7, 11) is 0. The van der Waals surface area contributed by atoms with Crippen molar-refractivity contribution in [1.29, 1.82) is 0 Å². The maximum absolute atomic E-state index is 8.98. The number of hydrogen-bond donors (Lipinski definition) is 1. The maximum atomic E-state index is 8.98. The molecule has 0 saturated carbocycles. The topological polar surface area (TPSA) is 60.2 Å². The summed E-state index contributed by atoms with van der Waals surface area (Å²) < 4.78 is 7.80. The van der Waals surface area contributed by atoms with Crippen molar-refractivity contribution in [2.45, 2.75) is 18.2 Å². The molecule has 5 nitrogen and oxygen atoms in total. The quantitative estimate of drug-likeness (QED) is 0.476. The lowest BCUT2D eigenvalue weighted by atomic mass is 10.3. The van der Waals surface area contributed by atoms with E-state index in [1.54, 1.807) is 23.9 Å². The summed E-state index contributed by atoms with van der Waals surface area (Å²) in [5.74, 6) is 2.22. The van der Waals surface area contributed by atoms with Gasteiger partial charge in [0.2, 0.25) is 0 Å². The van der Waals surface area contributed by atoms with E-state index in [4.69, 9.17) is 21.4 Å². The van der Waals surface area contributed by atoms with Crippen molar-refractivity contribution < 1.29 is 9.84 Å². The molecule has 0 spiro atoms. The predicted molar refractivity (Wildman–Crippen MR) is 99.6 cm³/mol. The van der Waals surface area contributed by atoms with Crippen LogP contribution in [0.1, 0.15) is 12.2 Å². The number of aliphatic hydroxyl groups is 1. The average Bonchev–Trinajstić information content (AvgIpc) is 3.05. The number of halogens is 1. The first kappa shape index (κ1) is 17.8. The number of thioether (sulfide) groups is 1. The minimum atomic E-state index is 0.166. The van der Waals surface area contributed by atoms with Gasteiger partial charge in [0.1, 0.15) is 12.4 Å². The molecule has 0 aliphatic heterocycles. The minimum Gasteiger partial charge on any atom is -0.486 e. The van der Waals surface area contributed by atoms with Gasteiger partial charge in [-0.25, -0.2) is 0 Å². The van der Waals surface area contributed by atoms with Crippen LogP contribution in [0.25, 0.3) is 5.69 Å². The van der Waals surface area contributed by atoms with E-state index < -0.39 is 0 Å². The first-order valence-electron chi connectivity index (χ1n) is 7.89. The molecule has 0 amide bonds. The number of aliphatic hydroxyl groups excluding tert-OH is 1. The van der Waals surface area contributed by atoms with Crippen LogP contribution in [0.5, 0.6) is 5.75 Å². The van der Waals surface area contributed by atoms with Gasteiger partial charge in [-0.3, -0.25) is 4.57 Å². The highest BCUT2D eigenvalue weighted by molar-refractivity contribution is 7.99. The maximum Gasteiger partial charge on any atom is 0.195 e. The molecular formula is C18H18ClN3O2S. The molecule has 0 unspecified atom stereocenters. The van der Waals surface area contributed by atoms with E-state index in [-0.39, 0.29) is 6.61 Å². The molecule has 0 aliphatic rings. The third-order valence-electron chi connectivity index (χ3n) is 3.43. The molecule has 0 aliphatic carbocycles. The van der Waals surface area contributed by atoms with E-state index in [0.29, 0.717) is 23.9 Å². The zero-order valence-electron chi connectivity index (χ0n) is 13.5. The van der Waals surface area contributed by atoms with Crippen LogP contribution in [-0.2, 0) is 6.61 Å². The summed E-state index contributed by atoms with van der Waals surface area (Å²) in [6.07, 6.45) is 0.711. The van der Waals surface area contributed by atoms with Gasteiger partial charge in [-0.1, -0.05) is 41.6 Å². The fraction of sp³-hybridized carbons (Fsp3) is 0.222. The highest BCUT2D eigenvalue weighted by atomic mass is 35.5. The van der Waals surface area contributed by atoms with Crippen LogP contribution in [0.15, 0.2) is 59.8 Å². The smallest absolute Gasteiger partial charge is 0.195 e. The van der Waals surface area contributed by atoms with Crippen molar-refractivity contribution in [2.75, 3.05) is 12.4 Å². The minimum absolute atomic E-state index is 0.166. The second kappa shape index (κ2) is 8.89. The molecule has 3 aromatic rings. The molecule has 0 atom stereocenters. The van der Waals surface area contributed by atoms with Gasteiger partial charge in [-0.2, -0.15) is 0 Å². The second-order valence-electron chi connectivity index (χ2n) is 5.24. The number of ether oxygens (including phenoxy) is 1. The molecule has 1 heterocycles. The number of rotatable bonds is 8. The summed E-state index contributed by atoms with van der Waals surface area (Å²) in [6, 6.07) is 17.1. The molecule has 0 bridgehead atoms. The molecule has 0 radical (unpaired) electrons. The fourth-order valence-corrected chi connectivity index (χ4v) is 3.25. The molecule has 0 fully saturated rings. The lowest BCUT2D eigenvalue weighted by Gasteiger charge is -2.11. The van der Waals surface area contributed by atoms with Crippen LogP contribution >= 0.6 is 23.4 Å². The van der Waals surface area contributed by atoms with Gasteiger partial charge in [0.05, 0.1) is 0 Å². The van der Waals surface area contributed by atoms with Crippen molar-refractivity contribution in [2.24, 2.45) is 0 Å². The first-order valence-corrected chi connectivity index (χ1v) is 9.26. The van der Waals surface area contributed by atoms with Crippen LogP contribution < -0.4 is 4.74 Å². The van der Waals surface area contributed by atoms with Gasteiger partial charge < -0.3 is 9.84 Å². The highest BCUT2D eigenvalue weighted by Gasteiger charge is 2.14. The van der Waals surface area contributed by atoms with Gasteiger partial charge in [0.15, 0.2) is 11.0 Å². The Hall–Kier alpha value is -2.02. The van der Waals surface area contributed by atoms with Crippen molar-refractivity contribution in [3.05, 3.63) is 65.4 Å². The van der Waals surface area contributed by atoms with Gasteiger partial charge in [0, 0.05) is 23.1 Å². The summed E-state index contributed by atoms with van der Waals surface area (Å²) in [4.78, 5) is 0. The summed E-state index contributed by atoms with van der Waals surface area (Å²) in [6.45, 7) is 0.461. The third kappa shape index (κ3) is 4.75. The number of para-hydroxylation sites is 1.